The molecule has 3 aromatic rings. The first-order valence-electron chi connectivity index (χ1n) is 12.2. The number of nitrogens with two attached hydrogens (primary N) is 1. The third-order valence-corrected chi connectivity index (χ3v) is 7.88. The molecule has 1 aliphatic heterocycles. The Hall–Kier alpha value is -3.66. The van der Waals surface area contributed by atoms with Crippen LogP contribution in [0.1, 0.15) is 59.3 Å². The van der Waals surface area contributed by atoms with Crippen molar-refractivity contribution in [2.24, 2.45) is 0 Å². The van der Waals surface area contributed by atoms with E-state index in [1.54, 1.807) is 6.07 Å². The zero-order valence-electron chi connectivity index (χ0n) is 22.0. The number of aromatic nitrogens is 2. The Bertz CT molecular complexity index is 1440. The molecule has 9 nitrogen and oxygen atoms in total. The summed E-state index contributed by atoms with van der Waals surface area (Å²) in [5, 5.41) is -0.352. The van der Waals surface area contributed by atoms with Crippen LogP contribution in [-0.4, -0.2) is 36.4 Å². The van der Waals surface area contributed by atoms with Crippen molar-refractivity contribution in [3.8, 4) is 11.6 Å². The van der Waals surface area contributed by atoms with E-state index in [0.29, 0.717) is 11.6 Å². The first-order chi connectivity index (χ1) is 17.4. The molecule has 0 aliphatic carbocycles. The van der Waals surface area contributed by atoms with Gasteiger partial charge in [-0.3, -0.25) is 4.79 Å². The van der Waals surface area contributed by atoms with Gasteiger partial charge in [0, 0.05) is 12.1 Å². The maximum atomic E-state index is 13.4. The number of amides is 1. The number of nitrogens with one attached hydrogen (secondary N) is 1. The molecule has 2 atom stereocenters. The maximum absolute atomic E-state index is 13.4. The van der Waals surface area contributed by atoms with Crippen molar-refractivity contribution in [2.45, 2.75) is 71.5 Å². The lowest BCUT2D eigenvalue weighted by atomic mass is 10.1. The number of rotatable bonds is 6. The number of carbonyl (C=O) groups is 1. The van der Waals surface area contributed by atoms with E-state index in [4.69, 9.17) is 15.5 Å². The molecule has 0 saturated carbocycles. The van der Waals surface area contributed by atoms with Gasteiger partial charge in [-0.15, -0.1) is 0 Å². The van der Waals surface area contributed by atoms with E-state index >= 15 is 0 Å². The van der Waals surface area contributed by atoms with Crippen molar-refractivity contribution in [3.05, 3.63) is 64.2 Å². The van der Waals surface area contributed by atoms with Crippen LogP contribution in [0, 0.1) is 27.7 Å². The number of carbonyl (C=O) groups excluding carboxylic acids is 1. The van der Waals surface area contributed by atoms with Crippen molar-refractivity contribution in [1.82, 2.24) is 14.7 Å². The molecular weight excluding hydrogens is 490 g/mol. The third kappa shape index (κ3) is 5.39. The van der Waals surface area contributed by atoms with E-state index in [9.17, 15) is 13.2 Å². The molecule has 196 valence electrons. The minimum Gasteiger partial charge on any atom is -0.438 e. The van der Waals surface area contributed by atoms with Crippen molar-refractivity contribution < 1.29 is 17.9 Å². The van der Waals surface area contributed by atoms with Gasteiger partial charge in [-0.25, -0.2) is 9.71 Å². The number of hydrogen-bond acceptors (Lipinski definition) is 8. The SMILES string of the molecule is Cc1cc(C)c(Oc2nc(N3[C@H](C)CC[C@@H]3C)c(C)cc2C(=O)NS(=O)(=O)c2cccc(N)n2)c(C)c1. The zero-order chi connectivity index (χ0) is 27.1. The lowest BCUT2D eigenvalue weighted by Gasteiger charge is -2.29. The molecule has 0 bridgehead atoms. The summed E-state index contributed by atoms with van der Waals surface area (Å²) in [7, 11) is -4.28. The van der Waals surface area contributed by atoms with Gasteiger partial charge in [0.15, 0.2) is 5.03 Å². The molecule has 4 rings (SSSR count). The molecule has 1 fully saturated rings. The number of anilines is 2. The molecule has 10 heteroatoms. The van der Waals surface area contributed by atoms with Gasteiger partial charge < -0.3 is 15.4 Å². The highest BCUT2D eigenvalue weighted by Crippen LogP contribution is 2.37. The van der Waals surface area contributed by atoms with Crippen LogP contribution in [0.4, 0.5) is 11.6 Å². The molecule has 1 saturated heterocycles. The van der Waals surface area contributed by atoms with Crippen LogP contribution >= 0.6 is 0 Å². The lowest BCUT2D eigenvalue weighted by molar-refractivity contribution is 0.0978. The van der Waals surface area contributed by atoms with E-state index < -0.39 is 15.9 Å². The average molecular weight is 524 g/mol. The average Bonchev–Trinajstić information content (AvgIpc) is 3.14. The Balaban J connectivity index is 1.80. The Labute approximate surface area is 218 Å². The second kappa shape index (κ2) is 10.0. The summed E-state index contributed by atoms with van der Waals surface area (Å²) in [4.78, 5) is 24.3. The Morgan fingerprint density at radius 1 is 1.00 bits per heavy atom. The molecule has 37 heavy (non-hydrogen) atoms. The van der Waals surface area contributed by atoms with E-state index in [1.807, 2.05) is 39.8 Å². The van der Waals surface area contributed by atoms with Crippen molar-refractivity contribution >= 4 is 27.6 Å². The monoisotopic (exact) mass is 523 g/mol. The number of sulfonamides is 1. The van der Waals surface area contributed by atoms with Crippen molar-refractivity contribution in [3.63, 3.8) is 0 Å². The van der Waals surface area contributed by atoms with Gasteiger partial charge in [-0.2, -0.15) is 13.4 Å². The summed E-state index contributed by atoms with van der Waals surface area (Å²) < 4.78 is 34.2. The summed E-state index contributed by atoms with van der Waals surface area (Å²) in [6.45, 7) is 12.0. The summed E-state index contributed by atoms with van der Waals surface area (Å²) in [6, 6.07) is 10.3. The van der Waals surface area contributed by atoms with Gasteiger partial charge in [0.05, 0.1) is 0 Å². The fourth-order valence-electron chi connectivity index (χ4n) is 4.94. The molecule has 1 aromatic carbocycles. The van der Waals surface area contributed by atoms with Crippen LogP contribution in [0.5, 0.6) is 11.6 Å². The Morgan fingerprint density at radius 3 is 2.22 bits per heavy atom. The predicted octanol–water partition coefficient (Wildman–Crippen LogP) is 4.58. The summed E-state index contributed by atoms with van der Waals surface area (Å²) in [5.41, 5.74) is 9.24. The van der Waals surface area contributed by atoms with E-state index in [0.717, 1.165) is 35.1 Å². The number of nitrogen functional groups attached to an aromatic ring is 1. The largest absolute Gasteiger partial charge is 0.438 e. The summed E-state index contributed by atoms with van der Waals surface area (Å²) in [6.07, 6.45) is 2.06. The van der Waals surface area contributed by atoms with Gasteiger partial charge >= 0.3 is 0 Å². The topological polar surface area (TPSA) is 128 Å². The highest BCUT2D eigenvalue weighted by molar-refractivity contribution is 7.90. The molecule has 1 amide bonds. The molecule has 0 radical (unpaired) electrons. The first kappa shape index (κ1) is 26.4. The van der Waals surface area contributed by atoms with Crippen LogP contribution in [0.25, 0.3) is 0 Å². The number of benzene rings is 1. The second-order valence-corrected chi connectivity index (χ2v) is 11.5. The third-order valence-electron chi connectivity index (χ3n) is 6.64. The highest BCUT2D eigenvalue weighted by atomic mass is 32.2. The summed E-state index contributed by atoms with van der Waals surface area (Å²) in [5.74, 6) is 0.485. The van der Waals surface area contributed by atoms with E-state index in [2.05, 4.69) is 28.5 Å². The van der Waals surface area contributed by atoms with E-state index in [-0.39, 0.29) is 34.4 Å². The maximum Gasteiger partial charge on any atom is 0.281 e. The van der Waals surface area contributed by atoms with Gasteiger partial charge in [0.25, 0.3) is 15.9 Å². The molecule has 0 unspecified atom stereocenters. The quantitative estimate of drug-likeness (QED) is 0.481. The number of nitrogens with zero attached hydrogens (tertiary/aromatic N) is 3. The highest BCUT2D eigenvalue weighted by Gasteiger charge is 2.32. The van der Waals surface area contributed by atoms with Crippen LogP contribution in [0.15, 0.2) is 41.4 Å². The minimum absolute atomic E-state index is 0.00704. The molecular formula is C27H33N5O4S. The zero-order valence-corrected chi connectivity index (χ0v) is 22.8. The first-order valence-corrected chi connectivity index (χ1v) is 13.7. The molecule has 3 N–H and O–H groups in total. The van der Waals surface area contributed by atoms with Crippen LogP contribution in [0.3, 0.4) is 0 Å². The fourth-order valence-corrected chi connectivity index (χ4v) is 5.88. The number of aryl methyl sites for hydroxylation is 4. The molecule has 0 spiro atoms. The standard InChI is InChI=1S/C27H33N5O4S/c1-15-12-16(2)24(17(3)13-15)36-27-21(14-18(4)25(30-27)32-19(5)10-11-20(32)6)26(33)31-37(34,35)23-9-7-8-22(28)29-23/h7-9,12-14,19-20H,10-11H2,1-6H3,(H2,28,29)(H,31,33)/t19-,20+. The normalized spacial score (nSPS) is 17.6. The second-order valence-electron chi connectivity index (χ2n) is 9.83. The lowest BCUT2D eigenvalue weighted by Crippen LogP contribution is -2.35. The van der Waals surface area contributed by atoms with Crippen LogP contribution in [0.2, 0.25) is 0 Å². The van der Waals surface area contributed by atoms with Gasteiger partial charge in [-0.05, 0) is 89.3 Å². The molecule has 2 aromatic heterocycles. The van der Waals surface area contributed by atoms with Gasteiger partial charge in [0.2, 0.25) is 5.88 Å². The number of hydrogen-bond donors (Lipinski definition) is 2. The summed E-state index contributed by atoms with van der Waals surface area (Å²) >= 11 is 0. The minimum atomic E-state index is -4.28. The smallest absolute Gasteiger partial charge is 0.281 e. The Kier molecular flexibility index (Phi) is 7.14. The number of ether oxygens (including phenoxy) is 1. The van der Waals surface area contributed by atoms with Crippen LogP contribution < -0.4 is 20.1 Å². The van der Waals surface area contributed by atoms with E-state index in [1.165, 1.54) is 18.2 Å². The molecule has 3 heterocycles. The predicted molar refractivity (Wildman–Crippen MR) is 144 cm³/mol. The Morgan fingerprint density at radius 2 is 1.62 bits per heavy atom. The van der Waals surface area contributed by atoms with Crippen LogP contribution in [-0.2, 0) is 10.0 Å². The van der Waals surface area contributed by atoms with Gasteiger partial charge in [-0.1, -0.05) is 23.8 Å². The molecule has 1 aliphatic rings. The fraction of sp³-hybridized carbons (Fsp3) is 0.370. The van der Waals surface area contributed by atoms with Gasteiger partial charge in [0.1, 0.15) is 22.9 Å². The van der Waals surface area contributed by atoms with Crippen molar-refractivity contribution in [1.29, 1.82) is 0 Å². The number of pyridine rings is 2. The van der Waals surface area contributed by atoms with Crippen molar-refractivity contribution in [2.75, 3.05) is 10.6 Å².